The maximum Gasteiger partial charge on any atom is 0.265 e. The highest BCUT2D eigenvalue weighted by Crippen LogP contribution is 2.28. The van der Waals surface area contributed by atoms with Gasteiger partial charge in [0.1, 0.15) is 12.1 Å². The molecule has 1 N–H and O–H groups in total. The molecule has 1 aromatic heterocycles. The van der Waals surface area contributed by atoms with Crippen molar-refractivity contribution in [3.63, 3.8) is 0 Å². The predicted octanol–water partition coefficient (Wildman–Crippen LogP) is 1.60. The summed E-state index contributed by atoms with van der Waals surface area (Å²) in [6, 6.07) is 15.0. The Balaban J connectivity index is 1.44. The van der Waals surface area contributed by atoms with E-state index in [-0.39, 0.29) is 5.91 Å². The van der Waals surface area contributed by atoms with Gasteiger partial charge in [-0.2, -0.15) is 0 Å². The summed E-state index contributed by atoms with van der Waals surface area (Å²) >= 11 is 0. The van der Waals surface area contributed by atoms with E-state index in [1.165, 1.54) is 6.33 Å². The van der Waals surface area contributed by atoms with Crippen molar-refractivity contribution in [3.8, 4) is 11.4 Å². The van der Waals surface area contributed by atoms with Gasteiger partial charge in [-0.15, -0.1) is 5.10 Å². The fourth-order valence-corrected chi connectivity index (χ4v) is 2.53. The molecule has 1 atom stereocenters. The molecule has 0 aliphatic carbocycles. The van der Waals surface area contributed by atoms with Gasteiger partial charge in [0.2, 0.25) is 0 Å². The first-order chi connectivity index (χ1) is 11.3. The van der Waals surface area contributed by atoms with Crippen LogP contribution < -0.4 is 10.1 Å². The van der Waals surface area contributed by atoms with Gasteiger partial charge in [0.15, 0.2) is 6.10 Å². The molecule has 0 bridgehead atoms. The molecule has 2 heterocycles. The summed E-state index contributed by atoms with van der Waals surface area (Å²) in [7, 11) is 0. The lowest BCUT2D eigenvalue weighted by atomic mass is 10.1. The molecule has 0 unspecified atom stereocenters. The number of hydrogen-bond donors (Lipinski definition) is 1. The fraction of sp³-hybridized carbons (Fsp3) is 0.125. The first-order valence-corrected chi connectivity index (χ1v) is 7.18. The van der Waals surface area contributed by atoms with Gasteiger partial charge in [0.05, 0.1) is 5.69 Å². The van der Waals surface area contributed by atoms with Crippen LogP contribution in [-0.2, 0) is 11.2 Å². The Bertz CT molecular complexity index is 805. The predicted molar refractivity (Wildman–Crippen MR) is 82.3 cm³/mol. The number of carbonyl (C=O) groups is 1. The zero-order valence-corrected chi connectivity index (χ0v) is 12.1. The maximum absolute atomic E-state index is 12.3. The molecule has 0 spiro atoms. The second-order valence-corrected chi connectivity index (χ2v) is 5.21. The molecular weight excluding hydrogens is 294 g/mol. The van der Waals surface area contributed by atoms with E-state index in [4.69, 9.17) is 4.74 Å². The summed E-state index contributed by atoms with van der Waals surface area (Å²) in [5.41, 5.74) is 2.57. The lowest BCUT2D eigenvalue weighted by molar-refractivity contribution is -0.122. The van der Waals surface area contributed by atoms with Gasteiger partial charge in [-0.1, -0.05) is 18.2 Å². The van der Waals surface area contributed by atoms with Crippen molar-refractivity contribution < 1.29 is 9.53 Å². The van der Waals surface area contributed by atoms with Crippen molar-refractivity contribution in [3.05, 3.63) is 60.4 Å². The third kappa shape index (κ3) is 2.64. The van der Waals surface area contributed by atoms with Crippen LogP contribution in [0.25, 0.3) is 5.69 Å². The van der Waals surface area contributed by atoms with E-state index < -0.39 is 6.10 Å². The SMILES string of the molecule is O=C(Nc1ccc(-n2cnnn2)cc1)[C@@H]1Cc2ccccc2O1. The third-order valence-electron chi connectivity index (χ3n) is 3.69. The molecule has 114 valence electrons. The van der Waals surface area contributed by atoms with Crippen molar-refractivity contribution in [2.45, 2.75) is 12.5 Å². The Morgan fingerprint density at radius 1 is 1.17 bits per heavy atom. The first kappa shape index (κ1) is 13.4. The molecule has 0 saturated carbocycles. The molecule has 0 saturated heterocycles. The van der Waals surface area contributed by atoms with Crippen LogP contribution in [0.15, 0.2) is 54.9 Å². The topological polar surface area (TPSA) is 81.9 Å². The molecule has 3 aromatic rings. The van der Waals surface area contributed by atoms with E-state index in [1.807, 2.05) is 36.4 Å². The molecule has 7 nitrogen and oxygen atoms in total. The summed E-state index contributed by atoms with van der Waals surface area (Å²) in [5.74, 6) is 0.623. The van der Waals surface area contributed by atoms with E-state index >= 15 is 0 Å². The Morgan fingerprint density at radius 3 is 2.74 bits per heavy atom. The number of benzene rings is 2. The first-order valence-electron chi connectivity index (χ1n) is 7.18. The Hall–Kier alpha value is -3.22. The number of anilines is 1. The standard InChI is InChI=1S/C16H13N5O2/c22-16(15-9-11-3-1-2-4-14(11)23-15)18-12-5-7-13(8-6-12)21-10-17-19-20-21/h1-8,10,15H,9H2,(H,18,22)/t15-/m0/s1. The summed E-state index contributed by atoms with van der Waals surface area (Å²) in [6.07, 6.45) is 1.61. The second-order valence-electron chi connectivity index (χ2n) is 5.21. The van der Waals surface area contributed by atoms with Crippen molar-refractivity contribution in [1.29, 1.82) is 0 Å². The van der Waals surface area contributed by atoms with Crippen molar-refractivity contribution >= 4 is 11.6 Å². The van der Waals surface area contributed by atoms with Gasteiger partial charge in [-0.25, -0.2) is 4.68 Å². The van der Waals surface area contributed by atoms with Crippen molar-refractivity contribution in [2.24, 2.45) is 0 Å². The van der Waals surface area contributed by atoms with Crippen molar-refractivity contribution in [2.75, 3.05) is 5.32 Å². The molecule has 1 aliphatic heterocycles. The van der Waals surface area contributed by atoms with E-state index in [0.29, 0.717) is 12.1 Å². The van der Waals surface area contributed by atoms with Crippen LogP contribution in [0.3, 0.4) is 0 Å². The quantitative estimate of drug-likeness (QED) is 0.795. The molecule has 1 amide bonds. The Kier molecular flexibility index (Phi) is 3.23. The average Bonchev–Trinajstić information content (AvgIpc) is 3.25. The van der Waals surface area contributed by atoms with Crippen LogP contribution in [0.1, 0.15) is 5.56 Å². The van der Waals surface area contributed by atoms with Gasteiger partial charge < -0.3 is 10.1 Å². The van der Waals surface area contributed by atoms with E-state index in [9.17, 15) is 4.79 Å². The summed E-state index contributed by atoms with van der Waals surface area (Å²) in [6.45, 7) is 0. The van der Waals surface area contributed by atoms with E-state index in [2.05, 4.69) is 20.8 Å². The number of rotatable bonds is 3. The number of tetrazole rings is 1. The van der Waals surface area contributed by atoms with Crippen LogP contribution in [-0.4, -0.2) is 32.2 Å². The molecule has 23 heavy (non-hydrogen) atoms. The summed E-state index contributed by atoms with van der Waals surface area (Å²) in [4.78, 5) is 12.3. The highest BCUT2D eigenvalue weighted by Gasteiger charge is 2.28. The van der Waals surface area contributed by atoms with Crippen LogP contribution >= 0.6 is 0 Å². The van der Waals surface area contributed by atoms with Gasteiger partial charge in [0.25, 0.3) is 5.91 Å². The van der Waals surface area contributed by atoms with Crippen LogP contribution in [0.5, 0.6) is 5.75 Å². The largest absolute Gasteiger partial charge is 0.480 e. The number of ether oxygens (including phenoxy) is 1. The second kappa shape index (κ2) is 5.53. The van der Waals surface area contributed by atoms with Gasteiger partial charge >= 0.3 is 0 Å². The highest BCUT2D eigenvalue weighted by atomic mass is 16.5. The normalized spacial score (nSPS) is 15.7. The van der Waals surface area contributed by atoms with Gasteiger partial charge in [-0.05, 0) is 46.3 Å². The molecule has 4 rings (SSSR count). The van der Waals surface area contributed by atoms with Crippen LogP contribution in [0.2, 0.25) is 0 Å². The smallest absolute Gasteiger partial charge is 0.265 e. The number of nitrogens with one attached hydrogen (secondary N) is 1. The zero-order chi connectivity index (χ0) is 15.6. The number of nitrogens with zero attached hydrogens (tertiary/aromatic N) is 4. The van der Waals surface area contributed by atoms with E-state index in [0.717, 1.165) is 17.0 Å². The summed E-state index contributed by atoms with van der Waals surface area (Å²) < 4.78 is 7.22. The summed E-state index contributed by atoms with van der Waals surface area (Å²) in [5, 5.41) is 13.9. The fourth-order valence-electron chi connectivity index (χ4n) is 2.53. The molecule has 7 heteroatoms. The number of hydrogen-bond acceptors (Lipinski definition) is 5. The monoisotopic (exact) mass is 307 g/mol. The lowest BCUT2D eigenvalue weighted by Crippen LogP contribution is -2.31. The number of aromatic nitrogens is 4. The van der Waals surface area contributed by atoms with Crippen molar-refractivity contribution in [1.82, 2.24) is 20.2 Å². The van der Waals surface area contributed by atoms with Gasteiger partial charge in [0, 0.05) is 12.1 Å². The van der Waals surface area contributed by atoms with E-state index in [1.54, 1.807) is 16.8 Å². The third-order valence-corrected chi connectivity index (χ3v) is 3.69. The zero-order valence-electron chi connectivity index (χ0n) is 12.1. The minimum atomic E-state index is -0.494. The maximum atomic E-state index is 12.3. The number of amides is 1. The lowest BCUT2D eigenvalue weighted by Gasteiger charge is -2.11. The molecule has 1 aliphatic rings. The molecular formula is C16H13N5O2. The minimum Gasteiger partial charge on any atom is -0.480 e. The average molecular weight is 307 g/mol. The molecule has 0 radical (unpaired) electrons. The van der Waals surface area contributed by atoms with Crippen LogP contribution in [0.4, 0.5) is 5.69 Å². The molecule has 2 aromatic carbocycles. The van der Waals surface area contributed by atoms with Gasteiger partial charge in [-0.3, -0.25) is 4.79 Å². The number of carbonyl (C=O) groups excluding carboxylic acids is 1. The molecule has 0 fully saturated rings. The minimum absolute atomic E-state index is 0.156. The Labute approximate surface area is 131 Å². The number of para-hydroxylation sites is 1. The highest BCUT2D eigenvalue weighted by molar-refractivity contribution is 5.95. The Morgan fingerprint density at radius 2 is 2.00 bits per heavy atom. The van der Waals surface area contributed by atoms with Crippen LogP contribution in [0, 0.1) is 0 Å². The number of fused-ring (bicyclic) bond motifs is 1.